The Hall–Kier alpha value is -2.60. The van der Waals surface area contributed by atoms with Gasteiger partial charge < -0.3 is 10.6 Å². The predicted octanol–water partition coefficient (Wildman–Crippen LogP) is 6.44. The maximum Gasteiger partial charge on any atom is 0.230 e. The Bertz CT molecular complexity index is 1020. The topological polar surface area (TPSA) is 75.3 Å². The number of para-hydroxylation sites is 2. The smallest absolute Gasteiger partial charge is 0.230 e. The molecule has 0 saturated heterocycles. The molecule has 1 saturated carbocycles. The maximum absolute atomic E-state index is 13.0. The van der Waals surface area contributed by atoms with Crippen molar-refractivity contribution in [3.8, 4) is 0 Å². The highest BCUT2D eigenvalue weighted by Gasteiger charge is 2.34. The van der Waals surface area contributed by atoms with E-state index in [4.69, 9.17) is 0 Å². The van der Waals surface area contributed by atoms with E-state index in [1.165, 1.54) is 6.42 Å². The Morgan fingerprint density at radius 2 is 1.48 bits per heavy atom. The standard InChI is InChI=1S/C27H34N2O3S/c1-26(2,3)24(31)29-21-14-8-9-15-22(21)33-23(30)18-19-12-6-7-13-20(19)28-25(32)27(4)16-10-5-11-17-27/h6-9,12-15H,5,10-11,16-18H2,1-4H3,(H,28,32)(H,29,31). The molecule has 33 heavy (non-hydrogen) atoms. The van der Waals surface area contributed by atoms with Gasteiger partial charge in [0.25, 0.3) is 0 Å². The number of carbonyl (C=O) groups excluding carboxylic acids is 3. The summed E-state index contributed by atoms with van der Waals surface area (Å²) in [6.45, 7) is 7.58. The molecule has 0 heterocycles. The van der Waals surface area contributed by atoms with Gasteiger partial charge in [0.1, 0.15) is 0 Å². The molecule has 1 aliphatic rings. The summed E-state index contributed by atoms with van der Waals surface area (Å²) in [4.78, 5) is 39.1. The number of hydrogen-bond acceptors (Lipinski definition) is 4. The first kappa shape index (κ1) is 25.0. The summed E-state index contributed by atoms with van der Waals surface area (Å²) >= 11 is 1.11. The van der Waals surface area contributed by atoms with Gasteiger partial charge in [0.2, 0.25) is 11.8 Å². The summed E-state index contributed by atoms with van der Waals surface area (Å²) in [5, 5.41) is 5.96. The number of thioether (sulfide) groups is 1. The number of rotatable bonds is 6. The molecule has 0 spiro atoms. The highest BCUT2D eigenvalue weighted by atomic mass is 32.2. The maximum atomic E-state index is 13.0. The van der Waals surface area contributed by atoms with E-state index in [0.29, 0.717) is 16.3 Å². The van der Waals surface area contributed by atoms with Crippen LogP contribution in [0.25, 0.3) is 0 Å². The zero-order valence-corrected chi connectivity index (χ0v) is 20.8. The first-order valence-electron chi connectivity index (χ1n) is 11.6. The van der Waals surface area contributed by atoms with Crippen LogP contribution < -0.4 is 10.6 Å². The second-order valence-electron chi connectivity index (χ2n) is 10.1. The van der Waals surface area contributed by atoms with Crippen molar-refractivity contribution in [2.75, 3.05) is 10.6 Å². The molecule has 0 radical (unpaired) electrons. The van der Waals surface area contributed by atoms with E-state index in [-0.39, 0.29) is 28.8 Å². The minimum atomic E-state index is -0.534. The van der Waals surface area contributed by atoms with Crippen molar-refractivity contribution in [2.24, 2.45) is 10.8 Å². The second kappa shape index (κ2) is 10.6. The molecule has 2 aromatic rings. The van der Waals surface area contributed by atoms with Crippen molar-refractivity contribution in [2.45, 2.75) is 71.1 Å². The van der Waals surface area contributed by atoms with E-state index in [0.717, 1.165) is 43.0 Å². The van der Waals surface area contributed by atoms with Gasteiger partial charge in [-0.25, -0.2) is 0 Å². The number of hydrogen-bond donors (Lipinski definition) is 2. The first-order chi connectivity index (χ1) is 15.6. The van der Waals surface area contributed by atoms with Gasteiger partial charge in [0.05, 0.1) is 5.69 Å². The molecule has 0 unspecified atom stereocenters. The number of nitrogens with one attached hydrogen (secondary N) is 2. The number of amides is 2. The van der Waals surface area contributed by atoms with Crippen LogP contribution in [0, 0.1) is 10.8 Å². The van der Waals surface area contributed by atoms with Crippen LogP contribution in [0.5, 0.6) is 0 Å². The average Bonchev–Trinajstić information content (AvgIpc) is 2.76. The van der Waals surface area contributed by atoms with Crippen molar-refractivity contribution in [3.63, 3.8) is 0 Å². The molecule has 2 N–H and O–H groups in total. The van der Waals surface area contributed by atoms with Crippen LogP contribution in [0.3, 0.4) is 0 Å². The zero-order valence-electron chi connectivity index (χ0n) is 20.0. The van der Waals surface area contributed by atoms with Crippen LogP contribution in [-0.4, -0.2) is 16.9 Å². The van der Waals surface area contributed by atoms with Crippen LogP contribution in [-0.2, 0) is 20.8 Å². The number of anilines is 2. The lowest BCUT2D eigenvalue weighted by atomic mass is 9.75. The largest absolute Gasteiger partial charge is 0.325 e. The predicted molar refractivity (Wildman–Crippen MR) is 135 cm³/mol. The average molecular weight is 467 g/mol. The molecule has 0 bridgehead atoms. The molecule has 0 aromatic heterocycles. The van der Waals surface area contributed by atoms with Crippen molar-refractivity contribution in [1.29, 1.82) is 0 Å². The Morgan fingerprint density at radius 1 is 0.879 bits per heavy atom. The van der Waals surface area contributed by atoms with E-state index in [9.17, 15) is 14.4 Å². The Balaban J connectivity index is 1.70. The highest BCUT2D eigenvalue weighted by Crippen LogP contribution is 2.37. The van der Waals surface area contributed by atoms with Gasteiger partial charge in [0, 0.05) is 27.8 Å². The van der Waals surface area contributed by atoms with Crippen molar-refractivity contribution in [3.05, 3.63) is 54.1 Å². The normalized spacial score (nSPS) is 15.5. The lowest BCUT2D eigenvalue weighted by molar-refractivity contribution is -0.126. The molecule has 0 atom stereocenters. The molecule has 6 heteroatoms. The van der Waals surface area contributed by atoms with Gasteiger partial charge in [-0.05, 0) is 48.4 Å². The number of benzene rings is 2. The van der Waals surface area contributed by atoms with Gasteiger partial charge >= 0.3 is 0 Å². The van der Waals surface area contributed by atoms with E-state index in [1.807, 2.05) is 70.2 Å². The summed E-state index contributed by atoms with van der Waals surface area (Å²) in [6, 6.07) is 14.8. The number of carbonyl (C=O) groups is 3. The van der Waals surface area contributed by atoms with E-state index in [1.54, 1.807) is 6.07 Å². The molecule has 0 aliphatic heterocycles. The lowest BCUT2D eigenvalue weighted by Crippen LogP contribution is -2.35. The van der Waals surface area contributed by atoms with Gasteiger partial charge in [-0.3, -0.25) is 14.4 Å². The summed E-state index contributed by atoms with van der Waals surface area (Å²) in [6.07, 6.45) is 5.31. The van der Waals surface area contributed by atoms with Crippen LogP contribution in [0.4, 0.5) is 11.4 Å². The van der Waals surface area contributed by atoms with Crippen LogP contribution in [0.15, 0.2) is 53.4 Å². The summed E-state index contributed by atoms with van der Waals surface area (Å²) in [7, 11) is 0. The Kier molecular flexibility index (Phi) is 8.01. The molecule has 3 rings (SSSR count). The molecule has 1 aliphatic carbocycles. The highest BCUT2D eigenvalue weighted by molar-refractivity contribution is 8.13. The molecule has 1 fully saturated rings. The minimum Gasteiger partial charge on any atom is -0.325 e. The van der Waals surface area contributed by atoms with Crippen molar-refractivity contribution < 1.29 is 14.4 Å². The van der Waals surface area contributed by atoms with E-state index in [2.05, 4.69) is 10.6 Å². The fourth-order valence-electron chi connectivity index (χ4n) is 3.91. The minimum absolute atomic E-state index is 0.0324. The van der Waals surface area contributed by atoms with E-state index < -0.39 is 5.41 Å². The third-order valence-corrected chi connectivity index (χ3v) is 7.09. The fourth-order valence-corrected chi connectivity index (χ4v) is 4.76. The molecule has 176 valence electrons. The van der Waals surface area contributed by atoms with Gasteiger partial charge in [-0.2, -0.15) is 0 Å². The van der Waals surface area contributed by atoms with Gasteiger partial charge in [0.15, 0.2) is 5.12 Å². The zero-order chi connectivity index (χ0) is 24.1. The van der Waals surface area contributed by atoms with E-state index >= 15 is 0 Å². The second-order valence-corrected chi connectivity index (χ2v) is 11.2. The van der Waals surface area contributed by atoms with Crippen molar-refractivity contribution in [1.82, 2.24) is 0 Å². The summed E-state index contributed by atoms with van der Waals surface area (Å²) < 4.78 is 0. The molecular formula is C27H34N2O3S. The lowest BCUT2D eigenvalue weighted by Gasteiger charge is -2.32. The van der Waals surface area contributed by atoms with Crippen LogP contribution in [0.1, 0.15) is 65.4 Å². The monoisotopic (exact) mass is 466 g/mol. The van der Waals surface area contributed by atoms with Crippen LogP contribution >= 0.6 is 11.8 Å². The van der Waals surface area contributed by atoms with Gasteiger partial charge in [-0.15, -0.1) is 0 Å². The summed E-state index contributed by atoms with van der Waals surface area (Å²) in [5.74, 6) is -0.0720. The SMILES string of the molecule is CC(C)(C)C(=O)Nc1ccccc1SC(=O)Cc1ccccc1NC(=O)C1(C)CCCCC1. The molecule has 5 nitrogen and oxygen atoms in total. The molecular weight excluding hydrogens is 432 g/mol. The third kappa shape index (κ3) is 6.70. The Morgan fingerprint density at radius 3 is 2.15 bits per heavy atom. The van der Waals surface area contributed by atoms with Crippen LogP contribution in [0.2, 0.25) is 0 Å². The fraction of sp³-hybridized carbons (Fsp3) is 0.444. The molecule has 2 amide bonds. The third-order valence-electron chi connectivity index (χ3n) is 6.15. The first-order valence-corrected chi connectivity index (χ1v) is 12.4. The van der Waals surface area contributed by atoms with Gasteiger partial charge in [-0.1, -0.05) is 77.3 Å². The summed E-state index contributed by atoms with van der Waals surface area (Å²) in [5.41, 5.74) is 1.22. The molecule has 2 aromatic carbocycles. The van der Waals surface area contributed by atoms with Crippen molar-refractivity contribution >= 4 is 40.1 Å². The Labute approximate surface area is 201 Å². The quantitative estimate of drug-likeness (QED) is 0.480.